The highest BCUT2D eigenvalue weighted by atomic mass is 16.3. The van der Waals surface area contributed by atoms with Crippen LogP contribution in [-0.4, -0.2) is 5.11 Å². The number of benzene rings is 1. The molecule has 1 aromatic rings. The van der Waals surface area contributed by atoms with E-state index in [1.165, 1.54) is 6.08 Å². The van der Waals surface area contributed by atoms with Crippen molar-refractivity contribution in [2.75, 3.05) is 0 Å². The minimum atomic E-state index is 0.244. The molecule has 14 heavy (non-hydrogen) atoms. The third kappa shape index (κ3) is 2.80. The van der Waals surface area contributed by atoms with Gasteiger partial charge in [-0.1, -0.05) is 30.4 Å². The molecule has 0 atom stereocenters. The van der Waals surface area contributed by atoms with Crippen molar-refractivity contribution in [3.05, 3.63) is 47.6 Å². The SMILES string of the molecule is CC(=C/C#N)/C=C/c1ccccc1O. The van der Waals surface area contributed by atoms with Crippen LogP contribution in [0.25, 0.3) is 6.08 Å². The second kappa shape index (κ2) is 4.88. The Morgan fingerprint density at radius 1 is 1.43 bits per heavy atom. The van der Waals surface area contributed by atoms with Crippen LogP contribution >= 0.6 is 0 Å². The number of rotatable bonds is 2. The highest BCUT2D eigenvalue weighted by Crippen LogP contribution is 2.17. The van der Waals surface area contributed by atoms with Crippen LogP contribution in [0.3, 0.4) is 0 Å². The van der Waals surface area contributed by atoms with Gasteiger partial charge in [0.05, 0.1) is 6.07 Å². The smallest absolute Gasteiger partial charge is 0.122 e. The van der Waals surface area contributed by atoms with Crippen molar-refractivity contribution >= 4 is 6.08 Å². The van der Waals surface area contributed by atoms with Gasteiger partial charge >= 0.3 is 0 Å². The van der Waals surface area contributed by atoms with E-state index in [0.29, 0.717) is 0 Å². The lowest BCUT2D eigenvalue weighted by atomic mass is 10.1. The van der Waals surface area contributed by atoms with E-state index in [1.807, 2.05) is 25.1 Å². The van der Waals surface area contributed by atoms with Crippen LogP contribution in [0.2, 0.25) is 0 Å². The number of phenols is 1. The molecule has 0 aromatic heterocycles. The van der Waals surface area contributed by atoms with Crippen molar-refractivity contribution in [2.45, 2.75) is 6.92 Å². The maximum Gasteiger partial charge on any atom is 0.122 e. The van der Waals surface area contributed by atoms with Crippen LogP contribution in [0.1, 0.15) is 12.5 Å². The van der Waals surface area contributed by atoms with Gasteiger partial charge in [0.2, 0.25) is 0 Å². The summed E-state index contributed by atoms with van der Waals surface area (Å²) < 4.78 is 0. The van der Waals surface area contributed by atoms with E-state index < -0.39 is 0 Å². The first-order valence-corrected chi connectivity index (χ1v) is 4.26. The van der Waals surface area contributed by atoms with Crippen LogP contribution in [0, 0.1) is 11.3 Å². The van der Waals surface area contributed by atoms with Gasteiger partial charge in [-0.05, 0) is 18.6 Å². The van der Waals surface area contributed by atoms with Crippen LogP contribution in [0.5, 0.6) is 5.75 Å². The Labute approximate surface area is 83.4 Å². The molecule has 1 N–H and O–H groups in total. The van der Waals surface area contributed by atoms with Crippen molar-refractivity contribution < 1.29 is 5.11 Å². The molecule has 0 aliphatic heterocycles. The van der Waals surface area contributed by atoms with E-state index in [-0.39, 0.29) is 5.75 Å². The van der Waals surface area contributed by atoms with Gasteiger partial charge in [-0.3, -0.25) is 0 Å². The number of phenolic OH excluding ortho intramolecular Hbond substituents is 1. The maximum absolute atomic E-state index is 9.42. The highest BCUT2D eigenvalue weighted by molar-refractivity contribution is 5.58. The lowest BCUT2D eigenvalue weighted by Gasteiger charge is -1.96. The zero-order valence-corrected chi connectivity index (χ0v) is 7.94. The third-order valence-corrected chi connectivity index (χ3v) is 1.75. The number of nitriles is 1. The van der Waals surface area contributed by atoms with Gasteiger partial charge in [-0.2, -0.15) is 5.26 Å². The fraction of sp³-hybridized carbons (Fsp3) is 0.0833. The van der Waals surface area contributed by atoms with Gasteiger partial charge in [0, 0.05) is 11.6 Å². The summed E-state index contributed by atoms with van der Waals surface area (Å²) in [6.07, 6.45) is 5.02. The molecule has 0 saturated carbocycles. The number of nitrogens with zero attached hydrogens (tertiary/aromatic N) is 1. The number of hydrogen-bond acceptors (Lipinski definition) is 2. The van der Waals surface area contributed by atoms with Gasteiger partial charge in [-0.15, -0.1) is 0 Å². The van der Waals surface area contributed by atoms with Crippen LogP contribution in [0.4, 0.5) is 0 Å². The van der Waals surface area contributed by atoms with Gasteiger partial charge in [0.25, 0.3) is 0 Å². The average molecular weight is 185 g/mol. The minimum Gasteiger partial charge on any atom is -0.507 e. The maximum atomic E-state index is 9.42. The van der Waals surface area contributed by atoms with E-state index in [9.17, 15) is 5.11 Å². The zero-order chi connectivity index (χ0) is 10.4. The Kier molecular flexibility index (Phi) is 3.51. The van der Waals surface area contributed by atoms with Gasteiger partial charge < -0.3 is 5.11 Å². The van der Waals surface area contributed by atoms with E-state index in [1.54, 1.807) is 24.3 Å². The number of hydrogen-bond donors (Lipinski definition) is 1. The Bertz CT molecular complexity index is 411. The van der Waals surface area contributed by atoms with Gasteiger partial charge in [0.15, 0.2) is 0 Å². The molecule has 0 spiro atoms. The first-order chi connectivity index (χ1) is 6.74. The molecule has 2 heteroatoms. The molecule has 0 amide bonds. The molecule has 0 fully saturated rings. The first kappa shape index (κ1) is 10.1. The number of para-hydroxylation sites is 1. The monoisotopic (exact) mass is 185 g/mol. The first-order valence-electron chi connectivity index (χ1n) is 4.26. The minimum absolute atomic E-state index is 0.244. The Morgan fingerprint density at radius 2 is 2.14 bits per heavy atom. The van der Waals surface area contributed by atoms with Crippen LogP contribution in [-0.2, 0) is 0 Å². The van der Waals surface area contributed by atoms with Gasteiger partial charge in [0.1, 0.15) is 5.75 Å². The molecule has 0 radical (unpaired) electrons. The fourth-order valence-corrected chi connectivity index (χ4v) is 1.000. The molecule has 1 aromatic carbocycles. The summed E-state index contributed by atoms with van der Waals surface area (Å²) >= 11 is 0. The summed E-state index contributed by atoms with van der Waals surface area (Å²) in [6.45, 7) is 1.83. The topological polar surface area (TPSA) is 44.0 Å². The predicted octanol–water partition coefficient (Wildman–Crippen LogP) is 2.88. The molecule has 0 saturated heterocycles. The molecule has 0 aliphatic carbocycles. The number of allylic oxidation sites excluding steroid dienone is 3. The standard InChI is InChI=1S/C12H11NO/c1-10(8-9-13)6-7-11-4-2-3-5-12(11)14/h2-8,14H,1H3/b7-6+,10-8-. The Balaban J connectivity index is 2.85. The lowest BCUT2D eigenvalue weighted by molar-refractivity contribution is 0.474. The molecular weight excluding hydrogens is 174 g/mol. The molecule has 0 aliphatic rings. The third-order valence-electron chi connectivity index (χ3n) is 1.75. The fourth-order valence-electron chi connectivity index (χ4n) is 1.000. The normalized spacial score (nSPS) is 11.6. The second-order valence-corrected chi connectivity index (χ2v) is 2.91. The summed E-state index contributed by atoms with van der Waals surface area (Å²) in [5.41, 5.74) is 1.61. The largest absolute Gasteiger partial charge is 0.507 e. The molecule has 2 nitrogen and oxygen atoms in total. The highest BCUT2D eigenvalue weighted by Gasteiger charge is 1.92. The molecule has 0 heterocycles. The lowest BCUT2D eigenvalue weighted by Crippen LogP contribution is -1.73. The van der Waals surface area contributed by atoms with Crippen molar-refractivity contribution in [1.29, 1.82) is 5.26 Å². The summed E-state index contributed by atoms with van der Waals surface area (Å²) in [5.74, 6) is 0.244. The molecule has 0 unspecified atom stereocenters. The van der Waals surface area contributed by atoms with Gasteiger partial charge in [-0.25, -0.2) is 0 Å². The van der Waals surface area contributed by atoms with Crippen LogP contribution in [0.15, 0.2) is 42.0 Å². The quantitative estimate of drug-likeness (QED) is 0.568. The summed E-state index contributed by atoms with van der Waals surface area (Å²) in [7, 11) is 0. The summed E-state index contributed by atoms with van der Waals surface area (Å²) in [4.78, 5) is 0. The van der Waals surface area contributed by atoms with E-state index in [0.717, 1.165) is 11.1 Å². The van der Waals surface area contributed by atoms with Crippen molar-refractivity contribution in [1.82, 2.24) is 0 Å². The van der Waals surface area contributed by atoms with E-state index in [2.05, 4.69) is 0 Å². The average Bonchev–Trinajstić information content (AvgIpc) is 2.17. The summed E-state index contributed by atoms with van der Waals surface area (Å²) in [5, 5.41) is 17.8. The second-order valence-electron chi connectivity index (χ2n) is 2.91. The predicted molar refractivity (Wildman–Crippen MR) is 56.5 cm³/mol. The van der Waals surface area contributed by atoms with Crippen molar-refractivity contribution in [3.8, 4) is 11.8 Å². The van der Waals surface area contributed by atoms with Crippen molar-refractivity contribution in [3.63, 3.8) is 0 Å². The Hall–Kier alpha value is -2.01. The van der Waals surface area contributed by atoms with Crippen LogP contribution < -0.4 is 0 Å². The zero-order valence-electron chi connectivity index (χ0n) is 7.94. The molecule has 1 rings (SSSR count). The molecule has 0 bridgehead atoms. The van der Waals surface area contributed by atoms with E-state index in [4.69, 9.17) is 5.26 Å². The van der Waals surface area contributed by atoms with E-state index >= 15 is 0 Å². The summed E-state index contributed by atoms with van der Waals surface area (Å²) in [6, 6.07) is 9.00. The van der Waals surface area contributed by atoms with Crippen molar-refractivity contribution in [2.24, 2.45) is 0 Å². The Morgan fingerprint density at radius 3 is 2.79 bits per heavy atom. The molecule has 70 valence electrons. The molecular formula is C12H11NO. The number of aromatic hydroxyl groups is 1.